The van der Waals surface area contributed by atoms with E-state index in [1.165, 1.54) is 6.07 Å². The quantitative estimate of drug-likeness (QED) is 0.838. The Morgan fingerprint density at radius 1 is 1.33 bits per heavy atom. The Labute approximate surface area is 113 Å². The van der Waals surface area contributed by atoms with Crippen molar-refractivity contribution < 1.29 is 9.13 Å². The predicted octanol–water partition coefficient (Wildman–Crippen LogP) is 4.31. The van der Waals surface area contributed by atoms with Gasteiger partial charge in [-0.15, -0.1) is 0 Å². The summed E-state index contributed by atoms with van der Waals surface area (Å²) in [7, 11) is 0. The van der Waals surface area contributed by atoms with Crippen LogP contribution in [0.15, 0.2) is 12.1 Å². The molecule has 0 aromatic heterocycles. The molecule has 0 fully saturated rings. The Morgan fingerprint density at radius 2 is 2.00 bits per heavy atom. The normalized spacial score (nSPS) is 12.8. The minimum Gasteiger partial charge on any atom is -0.489 e. The Bertz CT molecular complexity index is 372. The highest BCUT2D eigenvalue weighted by molar-refractivity contribution is 6.32. The summed E-state index contributed by atoms with van der Waals surface area (Å²) in [6, 6.07) is 2.93. The zero-order chi connectivity index (χ0) is 13.7. The smallest absolute Gasteiger partial charge is 0.173 e. The lowest BCUT2D eigenvalue weighted by Crippen LogP contribution is -2.12. The van der Waals surface area contributed by atoms with Gasteiger partial charge < -0.3 is 10.5 Å². The van der Waals surface area contributed by atoms with Crippen LogP contribution in [-0.4, -0.2) is 6.61 Å². The average molecular weight is 274 g/mol. The van der Waals surface area contributed by atoms with E-state index in [0.717, 1.165) is 18.4 Å². The number of nitrogens with two attached hydrogens (primary N) is 1. The molecule has 0 aliphatic rings. The van der Waals surface area contributed by atoms with Crippen LogP contribution in [-0.2, 0) is 0 Å². The molecule has 18 heavy (non-hydrogen) atoms. The van der Waals surface area contributed by atoms with Gasteiger partial charge in [-0.25, -0.2) is 4.39 Å². The van der Waals surface area contributed by atoms with E-state index in [1.54, 1.807) is 13.0 Å². The first kappa shape index (κ1) is 15.3. The van der Waals surface area contributed by atoms with E-state index in [2.05, 4.69) is 13.8 Å². The zero-order valence-electron chi connectivity index (χ0n) is 11.2. The average Bonchev–Trinajstić information content (AvgIpc) is 2.30. The molecule has 0 amide bonds. The Morgan fingerprint density at radius 3 is 2.50 bits per heavy atom. The fourth-order valence-corrected chi connectivity index (χ4v) is 2.03. The van der Waals surface area contributed by atoms with Crippen molar-refractivity contribution in [1.82, 2.24) is 0 Å². The lowest BCUT2D eigenvalue weighted by molar-refractivity contribution is 0.321. The molecule has 0 heterocycles. The first-order valence-corrected chi connectivity index (χ1v) is 6.70. The fraction of sp³-hybridized carbons (Fsp3) is 0.571. The standard InChI is InChI=1S/C14H21ClFNO/c1-4-18-14-11(15)7-10(8-12(14)16)13(17)6-5-9(2)3/h7-9,13H,4-6,17H2,1-3H3/t13-/m0/s1. The monoisotopic (exact) mass is 273 g/mol. The summed E-state index contributed by atoms with van der Waals surface area (Å²) in [5.74, 6) is 0.248. The maximum atomic E-state index is 13.8. The maximum absolute atomic E-state index is 13.8. The molecule has 2 N–H and O–H groups in total. The van der Waals surface area contributed by atoms with Crippen LogP contribution in [0, 0.1) is 11.7 Å². The van der Waals surface area contributed by atoms with E-state index in [1.807, 2.05) is 0 Å². The molecule has 1 atom stereocenters. The van der Waals surface area contributed by atoms with Gasteiger partial charge in [0.1, 0.15) is 0 Å². The van der Waals surface area contributed by atoms with Crippen molar-refractivity contribution in [2.24, 2.45) is 11.7 Å². The van der Waals surface area contributed by atoms with Crippen LogP contribution in [0.4, 0.5) is 4.39 Å². The molecule has 102 valence electrons. The SMILES string of the molecule is CCOc1c(F)cc([C@@H](N)CCC(C)C)cc1Cl. The van der Waals surface area contributed by atoms with Gasteiger partial charge in [-0.05, 0) is 43.4 Å². The Hall–Kier alpha value is -0.800. The van der Waals surface area contributed by atoms with Gasteiger partial charge in [0.25, 0.3) is 0 Å². The van der Waals surface area contributed by atoms with Crippen LogP contribution >= 0.6 is 11.6 Å². The summed E-state index contributed by atoms with van der Waals surface area (Å²) in [6.07, 6.45) is 1.83. The molecule has 1 rings (SSSR count). The third kappa shape index (κ3) is 4.14. The van der Waals surface area contributed by atoms with E-state index in [0.29, 0.717) is 12.5 Å². The van der Waals surface area contributed by atoms with E-state index in [-0.39, 0.29) is 16.8 Å². The third-order valence-corrected chi connectivity index (χ3v) is 3.07. The highest BCUT2D eigenvalue weighted by Gasteiger charge is 2.15. The second kappa shape index (κ2) is 6.95. The highest BCUT2D eigenvalue weighted by Crippen LogP contribution is 2.32. The van der Waals surface area contributed by atoms with Crippen LogP contribution in [0.25, 0.3) is 0 Å². The number of halogens is 2. The van der Waals surface area contributed by atoms with Gasteiger partial charge in [0.2, 0.25) is 0 Å². The molecule has 0 radical (unpaired) electrons. The topological polar surface area (TPSA) is 35.2 Å². The molecule has 0 saturated heterocycles. The highest BCUT2D eigenvalue weighted by atomic mass is 35.5. The van der Waals surface area contributed by atoms with Crippen LogP contribution in [0.2, 0.25) is 5.02 Å². The largest absolute Gasteiger partial charge is 0.489 e. The molecule has 0 bridgehead atoms. The van der Waals surface area contributed by atoms with E-state index in [9.17, 15) is 4.39 Å². The second-order valence-corrected chi connectivity index (χ2v) is 5.23. The summed E-state index contributed by atoms with van der Waals surface area (Å²) >= 11 is 6.00. The minimum atomic E-state index is -0.445. The van der Waals surface area contributed by atoms with E-state index < -0.39 is 5.82 Å². The number of benzene rings is 1. The Balaban J connectivity index is 2.84. The van der Waals surface area contributed by atoms with Gasteiger partial charge in [0.15, 0.2) is 11.6 Å². The molecule has 0 unspecified atom stereocenters. The lowest BCUT2D eigenvalue weighted by Gasteiger charge is -2.15. The summed E-state index contributed by atoms with van der Waals surface area (Å²) in [5.41, 5.74) is 6.76. The lowest BCUT2D eigenvalue weighted by atomic mass is 9.98. The molecule has 1 aromatic rings. The van der Waals surface area contributed by atoms with Crippen molar-refractivity contribution in [2.45, 2.75) is 39.7 Å². The molecule has 4 heteroatoms. The zero-order valence-corrected chi connectivity index (χ0v) is 11.9. The predicted molar refractivity (Wildman–Crippen MR) is 73.6 cm³/mol. The van der Waals surface area contributed by atoms with Crippen molar-refractivity contribution >= 4 is 11.6 Å². The van der Waals surface area contributed by atoms with Crippen molar-refractivity contribution in [3.05, 3.63) is 28.5 Å². The number of hydrogen-bond acceptors (Lipinski definition) is 2. The molecule has 0 aliphatic heterocycles. The van der Waals surface area contributed by atoms with Gasteiger partial charge in [-0.1, -0.05) is 25.4 Å². The molecule has 1 aromatic carbocycles. The maximum Gasteiger partial charge on any atom is 0.173 e. The van der Waals surface area contributed by atoms with Crippen molar-refractivity contribution in [3.63, 3.8) is 0 Å². The first-order chi connectivity index (χ1) is 8.45. The van der Waals surface area contributed by atoms with Gasteiger partial charge in [0.05, 0.1) is 11.6 Å². The first-order valence-electron chi connectivity index (χ1n) is 6.33. The van der Waals surface area contributed by atoms with Gasteiger partial charge in [-0.3, -0.25) is 0 Å². The summed E-state index contributed by atoms with van der Waals surface area (Å²) in [4.78, 5) is 0. The number of rotatable bonds is 6. The van der Waals surface area contributed by atoms with Crippen LogP contribution in [0.5, 0.6) is 5.75 Å². The molecule has 0 spiro atoms. The number of ether oxygens (including phenoxy) is 1. The third-order valence-electron chi connectivity index (χ3n) is 2.79. The van der Waals surface area contributed by atoms with Crippen molar-refractivity contribution in [3.8, 4) is 5.75 Å². The van der Waals surface area contributed by atoms with Gasteiger partial charge >= 0.3 is 0 Å². The van der Waals surface area contributed by atoms with Gasteiger partial charge in [0, 0.05) is 6.04 Å². The summed E-state index contributed by atoms with van der Waals surface area (Å²) < 4.78 is 18.9. The van der Waals surface area contributed by atoms with Gasteiger partial charge in [-0.2, -0.15) is 0 Å². The molecular weight excluding hydrogens is 253 g/mol. The molecule has 2 nitrogen and oxygen atoms in total. The molecular formula is C14H21ClFNO. The van der Waals surface area contributed by atoms with Crippen LogP contribution in [0.1, 0.15) is 45.2 Å². The second-order valence-electron chi connectivity index (χ2n) is 4.82. The minimum absolute atomic E-state index is 0.110. The van der Waals surface area contributed by atoms with Crippen LogP contribution in [0.3, 0.4) is 0 Å². The fourth-order valence-electron chi connectivity index (χ4n) is 1.76. The molecule has 0 saturated carbocycles. The number of hydrogen-bond donors (Lipinski definition) is 1. The van der Waals surface area contributed by atoms with E-state index in [4.69, 9.17) is 22.1 Å². The van der Waals surface area contributed by atoms with Crippen LogP contribution < -0.4 is 10.5 Å². The van der Waals surface area contributed by atoms with Crippen molar-refractivity contribution in [2.75, 3.05) is 6.61 Å². The molecule has 0 aliphatic carbocycles. The summed E-state index contributed by atoms with van der Waals surface area (Å²) in [6.45, 7) is 6.45. The van der Waals surface area contributed by atoms with Crippen molar-refractivity contribution in [1.29, 1.82) is 0 Å². The summed E-state index contributed by atoms with van der Waals surface area (Å²) in [5, 5.41) is 0.284. The Kier molecular flexibility index (Phi) is 5.89. The van der Waals surface area contributed by atoms with E-state index >= 15 is 0 Å².